The summed E-state index contributed by atoms with van der Waals surface area (Å²) in [6, 6.07) is 5.72. The SMILES string of the molecule is COc1cc(/C=C/C(=O)O[C@H]2C3C[C@@H](OC(=O)c4cc(OC)c(OC)c(OC)c4)CC([C@H]2O)N3C)cc(OC)c1OC. The Morgan fingerprint density at radius 2 is 1.26 bits per heavy atom. The summed E-state index contributed by atoms with van der Waals surface area (Å²) in [5.41, 5.74) is 0.860. The van der Waals surface area contributed by atoms with Gasteiger partial charge in [0.1, 0.15) is 18.3 Å². The summed E-state index contributed by atoms with van der Waals surface area (Å²) in [6.45, 7) is 0. The van der Waals surface area contributed by atoms with Gasteiger partial charge >= 0.3 is 11.9 Å². The summed E-state index contributed by atoms with van der Waals surface area (Å²) in [4.78, 5) is 27.9. The van der Waals surface area contributed by atoms with Crippen LogP contribution in [0.4, 0.5) is 0 Å². The maximum absolute atomic E-state index is 13.1. The highest BCUT2D eigenvalue weighted by molar-refractivity contribution is 5.91. The third-order valence-electron chi connectivity index (χ3n) is 7.69. The first-order valence-corrected chi connectivity index (χ1v) is 13.3. The minimum absolute atomic E-state index is 0.233. The van der Waals surface area contributed by atoms with Crippen LogP contribution in [0.3, 0.4) is 0 Å². The number of carbonyl (C=O) groups is 2. The molecule has 5 atom stereocenters. The van der Waals surface area contributed by atoms with Crippen molar-refractivity contribution >= 4 is 18.0 Å². The van der Waals surface area contributed by atoms with E-state index in [2.05, 4.69) is 0 Å². The Labute approximate surface area is 244 Å². The van der Waals surface area contributed by atoms with Gasteiger partial charge in [-0.25, -0.2) is 9.59 Å². The van der Waals surface area contributed by atoms with Crippen molar-refractivity contribution < 1.29 is 52.6 Å². The summed E-state index contributed by atoms with van der Waals surface area (Å²) < 4.78 is 43.6. The lowest BCUT2D eigenvalue weighted by atomic mass is 10.00. The highest BCUT2D eigenvalue weighted by Crippen LogP contribution is 2.41. The van der Waals surface area contributed by atoms with Gasteiger partial charge in [-0.05, 0) is 43.0 Å². The third-order valence-corrected chi connectivity index (χ3v) is 7.69. The Balaban J connectivity index is 1.44. The molecule has 4 rings (SSSR count). The number of methoxy groups -OCH3 is 6. The molecule has 42 heavy (non-hydrogen) atoms. The molecule has 1 N–H and O–H groups in total. The van der Waals surface area contributed by atoms with Crippen LogP contribution in [0, 0.1) is 0 Å². The van der Waals surface area contributed by atoms with E-state index in [1.54, 1.807) is 18.2 Å². The second-order valence-corrected chi connectivity index (χ2v) is 9.90. The molecule has 0 radical (unpaired) electrons. The Kier molecular flexibility index (Phi) is 9.69. The largest absolute Gasteiger partial charge is 0.493 e. The summed E-state index contributed by atoms with van der Waals surface area (Å²) in [5, 5.41) is 11.0. The van der Waals surface area contributed by atoms with Crippen molar-refractivity contribution in [3.8, 4) is 34.5 Å². The number of rotatable bonds is 11. The zero-order valence-corrected chi connectivity index (χ0v) is 24.7. The maximum atomic E-state index is 13.1. The minimum Gasteiger partial charge on any atom is -0.493 e. The monoisotopic (exact) mass is 587 g/mol. The van der Waals surface area contributed by atoms with Gasteiger partial charge in [-0.15, -0.1) is 0 Å². The highest BCUT2D eigenvalue weighted by atomic mass is 16.6. The van der Waals surface area contributed by atoms with E-state index in [-0.39, 0.29) is 17.6 Å². The number of piperidine rings is 1. The minimum atomic E-state index is -0.955. The number of likely N-dealkylation sites (N-methyl/N-ethyl adjacent to an activating group) is 1. The van der Waals surface area contributed by atoms with E-state index in [4.69, 9.17) is 37.9 Å². The normalized spacial score (nSPS) is 23.3. The van der Waals surface area contributed by atoms with Gasteiger partial charge < -0.3 is 43.0 Å². The molecule has 2 fully saturated rings. The number of ether oxygens (including phenoxy) is 8. The number of aliphatic hydroxyl groups excluding tert-OH is 1. The summed E-state index contributed by atoms with van der Waals surface area (Å²) in [5.74, 6) is 1.14. The lowest BCUT2D eigenvalue weighted by Gasteiger charge is -2.36. The van der Waals surface area contributed by atoms with E-state index < -0.39 is 30.3 Å². The second kappa shape index (κ2) is 13.2. The molecule has 0 spiro atoms. The molecule has 2 aliphatic rings. The molecule has 0 saturated carbocycles. The van der Waals surface area contributed by atoms with Crippen LogP contribution in [0.15, 0.2) is 30.3 Å². The molecule has 2 aromatic rings. The van der Waals surface area contributed by atoms with Crippen LogP contribution >= 0.6 is 0 Å². The molecular weight excluding hydrogens is 550 g/mol. The lowest BCUT2D eigenvalue weighted by Crippen LogP contribution is -2.46. The fourth-order valence-electron chi connectivity index (χ4n) is 5.60. The molecule has 12 nitrogen and oxygen atoms in total. The van der Waals surface area contributed by atoms with Crippen molar-refractivity contribution in [1.29, 1.82) is 0 Å². The molecule has 228 valence electrons. The van der Waals surface area contributed by atoms with E-state index in [1.807, 2.05) is 11.9 Å². The first-order chi connectivity index (χ1) is 20.2. The summed E-state index contributed by atoms with van der Waals surface area (Å²) in [6.07, 6.45) is 1.32. The van der Waals surface area contributed by atoms with Crippen molar-refractivity contribution in [2.24, 2.45) is 0 Å². The molecule has 2 aromatic carbocycles. The molecule has 2 heterocycles. The van der Waals surface area contributed by atoms with Gasteiger partial charge in [-0.1, -0.05) is 0 Å². The van der Waals surface area contributed by atoms with Gasteiger partial charge in [-0.3, -0.25) is 4.90 Å². The lowest BCUT2D eigenvalue weighted by molar-refractivity contribution is -0.148. The molecule has 2 aliphatic heterocycles. The van der Waals surface area contributed by atoms with E-state index >= 15 is 0 Å². The van der Waals surface area contributed by atoms with Crippen LogP contribution in [0.25, 0.3) is 6.08 Å². The smallest absolute Gasteiger partial charge is 0.338 e. The van der Waals surface area contributed by atoms with Gasteiger partial charge in [-0.2, -0.15) is 0 Å². The van der Waals surface area contributed by atoms with Crippen LogP contribution in [-0.4, -0.2) is 102 Å². The van der Waals surface area contributed by atoms with Crippen molar-refractivity contribution in [2.75, 3.05) is 49.7 Å². The molecule has 0 aliphatic carbocycles. The predicted octanol–water partition coefficient (Wildman–Crippen LogP) is 2.73. The number of nitrogens with zero attached hydrogens (tertiary/aromatic N) is 1. The summed E-state index contributed by atoms with van der Waals surface area (Å²) >= 11 is 0. The van der Waals surface area contributed by atoms with E-state index in [0.717, 1.165) is 0 Å². The van der Waals surface area contributed by atoms with E-state index in [9.17, 15) is 14.7 Å². The van der Waals surface area contributed by atoms with Gasteiger partial charge in [0.05, 0.1) is 54.3 Å². The van der Waals surface area contributed by atoms with Gasteiger partial charge in [0.25, 0.3) is 0 Å². The Hall–Kier alpha value is -4.16. The summed E-state index contributed by atoms with van der Waals surface area (Å²) in [7, 11) is 10.8. The Morgan fingerprint density at radius 1 is 0.762 bits per heavy atom. The van der Waals surface area contributed by atoms with Crippen LogP contribution in [0.1, 0.15) is 28.8 Å². The number of carbonyl (C=O) groups excluding carboxylic acids is 2. The van der Waals surface area contributed by atoms with Crippen molar-refractivity contribution in [1.82, 2.24) is 4.90 Å². The van der Waals surface area contributed by atoms with Crippen LogP contribution in [-0.2, 0) is 14.3 Å². The molecule has 2 bridgehead atoms. The third kappa shape index (κ3) is 6.04. The fraction of sp³-hybridized carbons (Fsp3) is 0.467. The Morgan fingerprint density at radius 3 is 1.76 bits per heavy atom. The average Bonchev–Trinajstić information content (AvgIpc) is 3.12. The average molecular weight is 588 g/mol. The predicted molar refractivity (Wildman–Crippen MR) is 151 cm³/mol. The first kappa shape index (κ1) is 30.8. The van der Waals surface area contributed by atoms with Crippen LogP contribution in [0.5, 0.6) is 34.5 Å². The molecular formula is C30H37NO11. The number of aliphatic hydroxyl groups is 1. The standard InChI is InChI=1S/C30H37NO11/c1-31-19-14-18(41-30(34)17-12-23(37-4)29(40-7)24(13-17)38-5)15-20(31)27(26(19)33)42-25(32)9-8-16-10-21(35-2)28(39-6)22(11-16)36-3/h8-13,18-20,26-27,33H,14-15H2,1-7H3/b9-8+/t18-,19?,20?,26+,27-/m0/s1. The topological polar surface area (TPSA) is 131 Å². The number of hydrogen-bond acceptors (Lipinski definition) is 12. The van der Waals surface area contributed by atoms with Gasteiger partial charge in [0, 0.05) is 25.0 Å². The number of benzene rings is 2. The first-order valence-electron chi connectivity index (χ1n) is 13.3. The zero-order chi connectivity index (χ0) is 30.6. The molecule has 12 heteroatoms. The van der Waals surface area contributed by atoms with E-state index in [1.165, 1.54) is 60.9 Å². The number of hydrogen-bond donors (Lipinski definition) is 1. The van der Waals surface area contributed by atoms with Gasteiger partial charge in [0.15, 0.2) is 23.0 Å². The number of fused-ring (bicyclic) bond motifs is 2. The molecule has 0 aromatic heterocycles. The quantitative estimate of drug-likeness (QED) is 0.306. The Bertz CT molecular complexity index is 1280. The highest BCUT2D eigenvalue weighted by Gasteiger charge is 2.53. The van der Waals surface area contributed by atoms with Crippen molar-refractivity contribution in [2.45, 2.75) is 43.2 Å². The van der Waals surface area contributed by atoms with Crippen LogP contribution < -0.4 is 28.4 Å². The van der Waals surface area contributed by atoms with Crippen molar-refractivity contribution in [3.63, 3.8) is 0 Å². The van der Waals surface area contributed by atoms with E-state index in [0.29, 0.717) is 52.9 Å². The molecule has 2 saturated heterocycles. The molecule has 2 unspecified atom stereocenters. The fourth-order valence-corrected chi connectivity index (χ4v) is 5.60. The van der Waals surface area contributed by atoms with Crippen molar-refractivity contribution in [3.05, 3.63) is 41.5 Å². The van der Waals surface area contributed by atoms with Crippen LogP contribution in [0.2, 0.25) is 0 Å². The number of esters is 2. The maximum Gasteiger partial charge on any atom is 0.338 e. The van der Waals surface area contributed by atoms with Gasteiger partial charge in [0.2, 0.25) is 11.5 Å². The zero-order valence-electron chi connectivity index (χ0n) is 24.7. The second-order valence-electron chi connectivity index (χ2n) is 9.90. The molecule has 0 amide bonds.